The molecule has 1 saturated heterocycles. The summed E-state index contributed by atoms with van der Waals surface area (Å²) in [5.41, 5.74) is 3.62. The summed E-state index contributed by atoms with van der Waals surface area (Å²) in [6.07, 6.45) is 1.68. The Morgan fingerprint density at radius 1 is 0.935 bits per heavy atom. The number of piperidine rings is 1. The van der Waals surface area contributed by atoms with Crippen LogP contribution in [0.15, 0.2) is 84.9 Å². The highest BCUT2D eigenvalue weighted by atomic mass is 32.1. The van der Waals surface area contributed by atoms with Gasteiger partial charge < -0.3 is 5.11 Å². The zero-order valence-corrected chi connectivity index (χ0v) is 18.1. The van der Waals surface area contributed by atoms with Crippen LogP contribution in [-0.4, -0.2) is 29.1 Å². The minimum absolute atomic E-state index is 0.0735. The van der Waals surface area contributed by atoms with Crippen LogP contribution in [-0.2, 0) is 4.79 Å². The Labute approximate surface area is 186 Å². The second-order valence-corrected chi connectivity index (χ2v) is 9.36. The molecule has 0 saturated carbocycles. The molecule has 0 radical (unpaired) electrons. The second-order valence-electron chi connectivity index (χ2n) is 8.25. The molecule has 3 nitrogen and oxygen atoms in total. The Morgan fingerprint density at radius 3 is 2.39 bits per heavy atom. The van der Waals surface area contributed by atoms with Gasteiger partial charge in [0, 0.05) is 16.1 Å². The Kier molecular flexibility index (Phi) is 5.58. The fourth-order valence-corrected chi connectivity index (χ4v) is 5.85. The number of hydrogen-bond donors (Lipinski definition) is 1. The van der Waals surface area contributed by atoms with E-state index >= 15 is 0 Å². The zero-order valence-electron chi connectivity index (χ0n) is 17.3. The van der Waals surface area contributed by atoms with E-state index in [1.54, 1.807) is 0 Å². The molecule has 31 heavy (non-hydrogen) atoms. The summed E-state index contributed by atoms with van der Waals surface area (Å²) >= 11 is 1.81. The SMILES string of the molecule is O=C(O)C1CCCN(C(c2ccc(-c3ccccc3)cc2)c2cc3ccccc3s2)C1. The van der Waals surface area contributed by atoms with Crippen LogP contribution in [0.4, 0.5) is 0 Å². The summed E-state index contributed by atoms with van der Waals surface area (Å²) in [5.74, 6) is -0.978. The molecule has 2 heterocycles. The van der Waals surface area contributed by atoms with Crippen LogP contribution < -0.4 is 0 Å². The van der Waals surface area contributed by atoms with Gasteiger partial charge in [-0.05, 0) is 53.6 Å². The van der Waals surface area contributed by atoms with Crippen LogP contribution >= 0.6 is 11.3 Å². The molecule has 1 fully saturated rings. The van der Waals surface area contributed by atoms with Crippen LogP contribution in [0, 0.1) is 5.92 Å². The fraction of sp³-hybridized carbons (Fsp3) is 0.222. The molecule has 0 amide bonds. The summed E-state index contributed by atoms with van der Waals surface area (Å²) in [6, 6.07) is 30.0. The lowest BCUT2D eigenvalue weighted by Crippen LogP contribution is -2.41. The van der Waals surface area contributed by atoms with Crippen LogP contribution in [0.25, 0.3) is 21.2 Å². The highest BCUT2D eigenvalue weighted by Crippen LogP contribution is 2.39. The number of carbonyl (C=O) groups is 1. The van der Waals surface area contributed by atoms with E-state index in [1.807, 2.05) is 17.4 Å². The number of benzene rings is 3. The maximum absolute atomic E-state index is 11.7. The summed E-state index contributed by atoms with van der Waals surface area (Å²) in [5, 5.41) is 10.9. The predicted octanol–water partition coefficient (Wildman–Crippen LogP) is 6.45. The van der Waals surface area contributed by atoms with Crippen molar-refractivity contribution in [3.8, 4) is 11.1 Å². The third kappa shape index (κ3) is 4.14. The molecule has 1 aliphatic rings. The fourth-order valence-electron chi connectivity index (χ4n) is 4.62. The maximum atomic E-state index is 11.7. The molecule has 2 atom stereocenters. The Hall–Kier alpha value is -2.95. The van der Waals surface area contributed by atoms with Gasteiger partial charge >= 0.3 is 5.97 Å². The van der Waals surface area contributed by atoms with Gasteiger partial charge in [-0.3, -0.25) is 9.69 Å². The summed E-state index contributed by atoms with van der Waals surface area (Å²) < 4.78 is 1.27. The highest BCUT2D eigenvalue weighted by Gasteiger charge is 2.32. The summed E-state index contributed by atoms with van der Waals surface area (Å²) in [7, 11) is 0. The average molecular weight is 428 g/mol. The van der Waals surface area contributed by atoms with Gasteiger partial charge in [-0.15, -0.1) is 11.3 Å². The van der Waals surface area contributed by atoms with E-state index in [-0.39, 0.29) is 12.0 Å². The normalized spacial score (nSPS) is 18.1. The van der Waals surface area contributed by atoms with E-state index in [2.05, 4.69) is 83.8 Å². The average Bonchev–Trinajstić information content (AvgIpc) is 3.24. The predicted molar refractivity (Wildman–Crippen MR) is 127 cm³/mol. The second kappa shape index (κ2) is 8.66. The van der Waals surface area contributed by atoms with Crippen molar-refractivity contribution in [1.82, 2.24) is 4.90 Å². The van der Waals surface area contributed by atoms with Crippen molar-refractivity contribution in [3.05, 3.63) is 95.4 Å². The number of fused-ring (bicyclic) bond motifs is 1. The molecule has 1 aromatic heterocycles. The number of carboxylic acids is 1. The first-order valence-corrected chi connectivity index (χ1v) is 11.6. The third-order valence-corrected chi connectivity index (χ3v) is 7.38. The smallest absolute Gasteiger partial charge is 0.307 e. The first kappa shape index (κ1) is 20.0. The monoisotopic (exact) mass is 427 g/mol. The van der Waals surface area contributed by atoms with Crippen LogP contribution in [0.1, 0.15) is 29.3 Å². The molecule has 4 aromatic rings. The number of likely N-dealkylation sites (tertiary alicyclic amines) is 1. The van der Waals surface area contributed by atoms with Gasteiger partial charge in [0.25, 0.3) is 0 Å². The van der Waals surface area contributed by atoms with Gasteiger partial charge in [0.05, 0.1) is 12.0 Å². The largest absolute Gasteiger partial charge is 0.481 e. The molecule has 0 spiro atoms. The Bertz CT molecular complexity index is 1150. The maximum Gasteiger partial charge on any atom is 0.307 e. The van der Waals surface area contributed by atoms with E-state index in [9.17, 15) is 9.90 Å². The van der Waals surface area contributed by atoms with Crippen molar-refractivity contribution in [1.29, 1.82) is 0 Å². The lowest BCUT2D eigenvalue weighted by Gasteiger charge is -2.37. The molecule has 0 bridgehead atoms. The minimum Gasteiger partial charge on any atom is -0.481 e. The molecule has 5 rings (SSSR count). The molecular formula is C27H25NO2S. The van der Waals surface area contributed by atoms with Crippen molar-refractivity contribution in [2.24, 2.45) is 5.92 Å². The van der Waals surface area contributed by atoms with Gasteiger partial charge in [-0.25, -0.2) is 0 Å². The number of nitrogens with zero attached hydrogens (tertiary/aromatic N) is 1. The van der Waals surface area contributed by atoms with Gasteiger partial charge in [0.2, 0.25) is 0 Å². The standard InChI is InChI=1S/C27H25NO2S/c29-27(30)23-10-6-16-28(18-23)26(25-17-22-9-4-5-11-24(22)31-25)21-14-12-20(13-15-21)19-7-2-1-3-8-19/h1-5,7-9,11-15,17,23,26H,6,10,16,18H2,(H,29,30). The van der Waals surface area contributed by atoms with Crippen LogP contribution in [0.5, 0.6) is 0 Å². The van der Waals surface area contributed by atoms with E-state index in [0.29, 0.717) is 6.54 Å². The summed E-state index contributed by atoms with van der Waals surface area (Å²) in [4.78, 5) is 15.4. The topological polar surface area (TPSA) is 40.5 Å². The van der Waals surface area contributed by atoms with E-state index in [4.69, 9.17) is 0 Å². The van der Waals surface area contributed by atoms with Crippen molar-refractivity contribution < 1.29 is 9.90 Å². The number of rotatable bonds is 5. The third-order valence-electron chi connectivity index (χ3n) is 6.21. The first-order chi connectivity index (χ1) is 15.2. The first-order valence-electron chi connectivity index (χ1n) is 10.8. The van der Waals surface area contributed by atoms with E-state index in [1.165, 1.54) is 31.7 Å². The molecule has 1 aliphatic heterocycles. The number of thiophene rings is 1. The number of aliphatic carboxylic acids is 1. The molecule has 2 unspecified atom stereocenters. The molecule has 3 aromatic carbocycles. The molecule has 4 heteroatoms. The quantitative estimate of drug-likeness (QED) is 0.398. The lowest BCUT2D eigenvalue weighted by molar-refractivity contribution is -0.143. The van der Waals surface area contributed by atoms with Crippen LogP contribution in [0.2, 0.25) is 0 Å². The van der Waals surface area contributed by atoms with Crippen molar-refractivity contribution in [2.75, 3.05) is 13.1 Å². The minimum atomic E-state index is -0.681. The van der Waals surface area contributed by atoms with Crippen LogP contribution in [0.3, 0.4) is 0 Å². The molecule has 0 aliphatic carbocycles. The Morgan fingerprint density at radius 2 is 1.65 bits per heavy atom. The van der Waals surface area contributed by atoms with Gasteiger partial charge in [-0.1, -0.05) is 72.8 Å². The van der Waals surface area contributed by atoms with E-state index in [0.717, 1.165) is 19.4 Å². The van der Waals surface area contributed by atoms with Gasteiger partial charge in [0.1, 0.15) is 0 Å². The lowest BCUT2D eigenvalue weighted by atomic mass is 9.93. The van der Waals surface area contributed by atoms with E-state index < -0.39 is 5.97 Å². The molecule has 156 valence electrons. The van der Waals surface area contributed by atoms with Crippen molar-refractivity contribution in [2.45, 2.75) is 18.9 Å². The Balaban J connectivity index is 1.54. The zero-order chi connectivity index (χ0) is 21.2. The number of hydrogen-bond acceptors (Lipinski definition) is 3. The molecular weight excluding hydrogens is 402 g/mol. The van der Waals surface area contributed by atoms with Crippen molar-refractivity contribution in [3.63, 3.8) is 0 Å². The van der Waals surface area contributed by atoms with Crippen molar-refractivity contribution >= 4 is 27.4 Å². The van der Waals surface area contributed by atoms with Gasteiger partial charge in [0.15, 0.2) is 0 Å². The summed E-state index contributed by atoms with van der Waals surface area (Å²) in [6.45, 7) is 1.51. The number of carboxylic acid groups (broad SMARTS) is 1. The van der Waals surface area contributed by atoms with Gasteiger partial charge in [-0.2, -0.15) is 0 Å². The molecule has 1 N–H and O–H groups in total. The highest BCUT2D eigenvalue weighted by molar-refractivity contribution is 7.19.